The van der Waals surface area contributed by atoms with Crippen molar-refractivity contribution >= 4 is 11.8 Å². The Bertz CT molecular complexity index is 513. The number of pyridine rings is 1. The van der Waals surface area contributed by atoms with Crippen molar-refractivity contribution in [3.05, 3.63) is 42.2 Å². The zero-order valence-electron chi connectivity index (χ0n) is 10.9. The molecule has 5 nitrogen and oxygen atoms in total. The first-order valence-corrected chi connectivity index (χ1v) is 6.21. The fourth-order valence-electron chi connectivity index (χ4n) is 2.22. The number of fused-ring (bicyclic) bond motifs is 1. The number of carbonyl (C=O) groups excluding carboxylic acids is 2. The normalized spacial score (nSPS) is 17.5. The third-order valence-corrected chi connectivity index (χ3v) is 3.20. The van der Waals surface area contributed by atoms with E-state index in [0.29, 0.717) is 19.6 Å². The maximum Gasteiger partial charge on any atom is 0.231 e. The molecule has 0 aromatic carbocycles. The van der Waals surface area contributed by atoms with Crippen molar-refractivity contribution < 1.29 is 9.59 Å². The summed E-state index contributed by atoms with van der Waals surface area (Å²) in [6.07, 6.45) is 3.30. The van der Waals surface area contributed by atoms with Gasteiger partial charge >= 0.3 is 0 Å². The van der Waals surface area contributed by atoms with Crippen molar-refractivity contribution in [1.82, 2.24) is 15.2 Å². The van der Waals surface area contributed by atoms with E-state index in [1.165, 1.54) is 6.92 Å². The summed E-state index contributed by atoms with van der Waals surface area (Å²) >= 11 is 0. The fraction of sp³-hybridized carbons (Fsp3) is 0.357. The molecule has 0 radical (unpaired) electrons. The summed E-state index contributed by atoms with van der Waals surface area (Å²) < 4.78 is 0. The van der Waals surface area contributed by atoms with E-state index in [2.05, 4.69) is 16.9 Å². The maximum atomic E-state index is 12.2. The number of aromatic nitrogens is 1. The first kappa shape index (κ1) is 13.3. The van der Waals surface area contributed by atoms with Crippen molar-refractivity contribution in [3.8, 4) is 0 Å². The van der Waals surface area contributed by atoms with E-state index >= 15 is 0 Å². The lowest BCUT2D eigenvalue weighted by Crippen LogP contribution is -2.43. The first-order chi connectivity index (χ1) is 9.13. The SMILES string of the molecule is C=CCNC(=O)C1CN(C(C)=O)Cc2cccnc21. The van der Waals surface area contributed by atoms with Crippen molar-refractivity contribution in [2.75, 3.05) is 13.1 Å². The van der Waals surface area contributed by atoms with Crippen LogP contribution >= 0.6 is 0 Å². The number of amides is 2. The summed E-state index contributed by atoms with van der Waals surface area (Å²) in [5.41, 5.74) is 1.70. The third-order valence-electron chi connectivity index (χ3n) is 3.20. The molecule has 0 bridgehead atoms. The standard InChI is InChI=1S/C14H17N3O2/c1-3-6-16-14(19)12-9-17(10(2)18)8-11-5-4-7-15-13(11)12/h3-5,7,12H,1,6,8-9H2,2H3,(H,16,19). The van der Waals surface area contributed by atoms with Gasteiger partial charge in [0, 0.05) is 32.8 Å². The summed E-state index contributed by atoms with van der Waals surface area (Å²) in [5, 5.41) is 2.77. The van der Waals surface area contributed by atoms with Gasteiger partial charge < -0.3 is 10.2 Å². The van der Waals surface area contributed by atoms with Crippen LogP contribution in [0.4, 0.5) is 0 Å². The van der Waals surface area contributed by atoms with E-state index in [1.54, 1.807) is 17.2 Å². The second kappa shape index (κ2) is 5.65. The predicted octanol–water partition coefficient (Wildman–Crippen LogP) is 0.829. The Balaban J connectivity index is 2.28. The molecule has 2 amide bonds. The van der Waals surface area contributed by atoms with E-state index < -0.39 is 5.92 Å². The quantitative estimate of drug-likeness (QED) is 0.818. The van der Waals surface area contributed by atoms with Gasteiger partial charge in [-0.1, -0.05) is 12.1 Å². The van der Waals surface area contributed by atoms with E-state index in [9.17, 15) is 9.59 Å². The predicted molar refractivity (Wildman–Crippen MR) is 71.3 cm³/mol. The average Bonchev–Trinajstić information content (AvgIpc) is 2.43. The van der Waals surface area contributed by atoms with Gasteiger partial charge in [0.05, 0.1) is 11.6 Å². The maximum absolute atomic E-state index is 12.2. The smallest absolute Gasteiger partial charge is 0.231 e. The Morgan fingerprint density at radius 3 is 3.11 bits per heavy atom. The lowest BCUT2D eigenvalue weighted by Gasteiger charge is -2.32. The minimum absolute atomic E-state index is 0.0315. The Hall–Kier alpha value is -2.17. The van der Waals surface area contributed by atoms with Crippen LogP contribution in [0.2, 0.25) is 0 Å². The Labute approximate surface area is 112 Å². The van der Waals surface area contributed by atoms with Crippen LogP contribution in [0.3, 0.4) is 0 Å². The molecule has 0 aliphatic carbocycles. The van der Waals surface area contributed by atoms with Gasteiger partial charge in [-0.05, 0) is 11.6 Å². The van der Waals surface area contributed by atoms with Gasteiger partial charge in [-0.25, -0.2) is 0 Å². The lowest BCUT2D eigenvalue weighted by molar-refractivity contribution is -0.131. The highest BCUT2D eigenvalue weighted by Gasteiger charge is 2.32. The molecule has 1 aromatic heterocycles. The molecule has 1 unspecified atom stereocenters. The summed E-state index contributed by atoms with van der Waals surface area (Å²) in [6, 6.07) is 3.73. The number of nitrogens with one attached hydrogen (secondary N) is 1. The van der Waals surface area contributed by atoms with Gasteiger partial charge in [0.15, 0.2) is 0 Å². The summed E-state index contributed by atoms with van der Waals surface area (Å²) in [5.74, 6) is -0.560. The van der Waals surface area contributed by atoms with Gasteiger partial charge in [0.2, 0.25) is 11.8 Å². The molecule has 1 aromatic rings. The van der Waals surface area contributed by atoms with Crippen LogP contribution in [0.5, 0.6) is 0 Å². The molecule has 1 aliphatic heterocycles. The molecule has 1 aliphatic rings. The molecule has 1 atom stereocenters. The van der Waals surface area contributed by atoms with Gasteiger partial charge in [0.1, 0.15) is 0 Å². The minimum Gasteiger partial charge on any atom is -0.352 e. The van der Waals surface area contributed by atoms with Crippen molar-refractivity contribution in [3.63, 3.8) is 0 Å². The topological polar surface area (TPSA) is 62.3 Å². The molecule has 0 saturated carbocycles. The zero-order chi connectivity index (χ0) is 13.8. The highest BCUT2D eigenvalue weighted by atomic mass is 16.2. The summed E-state index contributed by atoms with van der Waals surface area (Å²) in [4.78, 5) is 29.7. The minimum atomic E-state index is -0.409. The largest absolute Gasteiger partial charge is 0.352 e. The molecule has 2 rings (SSSR count). The summed E-state index contributed by atoms with van der Waals surface area (Å²) in [7, 11) is 0. The Kier molecular flexibility index (Phi) is 3.94. The molecule has 5 heteroatoms. The van der Waals surface area contributed by atoms with E-state index in [-0.39, 0.29) is 11.8 Å². The van der Waals surface area contributed by atoms with Crippen LogP contribution in [0, 0.1) is 0 Å². The molecular formula is C14H17N3O2. The van der Waals surface area contributed by atoms with Gasteiger partial charge in [-0.2, -0.15) is 0 Å². The number of carbonyl (C=O) groups is 2. The van der Waals surface area contributed by atoms with Crippen molar-refractivity contribution in [2.45, 2.75) is 19.4 Å². The van der Waals surface area contributed by atoms with E-state index in [4.69, 9.17) is 0 Å². The molecule has 2 heterocycles. The number of rotatable bonds is 3. The van der Waals surface area contributed by atoms with E-state index in [0.717, 1.165) is 11.3 Å². The summed E-state index contributed by atoms with van der Waals surface area (Å²) in [6.45, 7) is 6.39. The monoisotopic (exact) mass is 259 g/mol. The Morgan fingerprint density at radius 2 is 2.42 bits per heavy atom. The van der Waals surface area contributed by atoms with Crippen LogP contribution in [0.25, 0.3) is 0 Å². The van der Waals surface area contributed by atoms with Gasteiger partial charge in [-0.15, -0.1) is 6.58 Å². The molecule has 0 saturated heterocycles. The lowest BCUT2D eigenvalue weighted by atomic mass is 9.94. The van der Waals surface area contributed by atoms with Crippen LogP contribution < -0.4 is 5.32 Å². The first-order valence-electron chi connectivity index (χ1n) is 6.21. The number of hydrogen-bond acceptors (Lipinski definition) is 3. The highest BCUT2D eigenvalue weighted by molar-refractivity contribution is 5.85. The molecule has 1 N–H and O–H groups in total. The van der Waals surface area contributed by atoms with Gasteiger partial charge in [-0.3, -0.25) is 14.6 Å². The van der Waals surface area contributed by atoms with Crippen LogP contribution in [0.1, 0.15) is 24.1 Å². The molecule has 0 fully saturated rings. The number of nitrogens with zero attached hydrogens (tertiary/aromatic N) is 2. The van der Waals surface area contributed by atoms with Crippen molar-refractivity contribution in [2.24, 2.45) is 0 Å². The van der Waals surface area contributed by atoms with Crippen LogP contribution in [-0.4, -0.2) is 34.8 Å². The highest BCUT2D eigenvalue weighted by Crippen LogP contribution is 2.26. The van der Waals surface area contributed by atoms with Gasteiger partial charge in [0.25, 0.3) is 0 Å². The van der Waals surface area contributed by atoms with Crippen LogP contribution in [0.15, 0.2) is 31.0 Å². The number of hydrogen-bond donors (Lipinski definition) is 1. The molecule has 0 spiro atoms. The zero-order valence-corrected chi connectivity index (χ0v) is 10.9. The second-order valence-electron chi connectivity index (χ2n) is 4.53. The Morgan fingerprint density at radius 1 is 1.63 bits per heavy atom. The third kappa shape index (κ3) is 2.81. The fourth-order valence-corrected chi connectivity index (χ4v) is 2.22. The van der Waals surface area contributed by atoms with Crippen LogP contribution in [-0.2, 0) is 16.1 Å². The molecule has 100 valence electrons. The van der Waals surface area contributed by atoms with Crippen molar-refractivity contribution in [1.29, 1.82) is 0 Å². The average molecular weight is 259 g/mol. The molecule has 19 heavy (non-hydrogen) atoms. The van der Waals surface area contributed by atoms with E-state index in [1.807, 2.05) is 12.1 Å². The second-order valence-corrected chi connectivity index (χ2v) is 4.53. The molecular weight excluding hydrogens is 242 g/mol.